The van der Waals surface area contributed by atoms with Crippen molar-refractivity contribution in [3.05, 3.63) is 24.3 Å². The summed E-state index contributed by atoms with van der Waals surface area (Å²) in [6.45, 7) is 3.98. The lowest BCUT2D eigenvalue weighted by atomic mass is 10.2. The van der Waals surface area contributed by atoms with E-state index in [0.29, 0.717) is 18.7 Å². The molecule has 0 bridgehead atoms. The molecule has 2 N–H and O–H groups in total. The number of methoxy groups -OCH3 is 1. The van der Waals surface area contributed by atoms with Crippen molar-refractivity contribution in [3.8, 4) is 11.5 Å². The van der Waals surface area contributed by atoms with Crippen molar-refractivity contribution in [1.82, 2.24) is 5.32 Å². The molecule has 1 aromatic carbocycles. The van der Waals surface area contributed by atoms with Gasteiger partial charge in [-0.25, -0.2) is 0 Å². The van der Waals surface area contributed by atoms with Gasteiger partial charge in [-0.3, -0.25) is 4.79 Å². The fourth-order valence-electron chi connectivity index (χ4n) is 1.66. The summed E-state index contributed by atoms with van der Waals surface area (Å²) in [4.78, 5) is 11.8. The van der Waals surface area contributed by atoms with E-state index in [1.807, 2.05) is 0 Å². The Morgan fingerprint density at radius 3 is 2.40 bits per heavy atom. The smallest absolute Gasteiger partial charge is 0.260 e. The van der Waals surface area contributed by atoms with Crippen LogP contribution in [0.5, 0.6) is 11.5 Å². The predicted molar refractivity (Wildman–Crippen MR) is 77.0 cm³/mol. The van der Waals surface area contributed by atoms with Crippen LogP contribution in [0.3, 0.4) is 0 Å². The first-order chi connectivity index (χ1) is 9.52. The highest BCUT2D eigenvalue weighted by Gasteiger charge is 2.13. The number of hydrogen-bond donors (Lipinski definition) is 2. The zero-order chi connectivity index (χ0) is 15.0. The Hall–Kier alpha value is -1.75. The number of carbonyl (C=O) groups excluding carboxylic acids is 1. The minimum atomic E-state index is -0.560. The Morgan fingerprint density at radius 1 is 1.25 bits per heavy atom. The summed E-state index contributed by atoms with van der Waals surface area (Å²) in [5.74, 6) is 1.21. The van der Waals surface area contributed by atoms with Crippen molar-refractivity contribution >= 4 is 5.91 Å². The van der Waals surface area contributed by atoms with E-state index in [2.05, 4.69) is 5.32 Å². The molecule has 2 atom stereocenters. The number of rotatable bonds is 8. The van der Waals surface area contributed by atoms with E-state index in [4.69, 9.17) is 14.6 Å². The van der Waals surface area contributed by atoms with Gasteiger partial charge < -0.3 is 19.9 Å². The second-order valence-corrected chi connectivity index (χ2v) is 4.72. The molecule has 0 saturated carbocycles. The molecule has 0 fully saturated rings. The molecular formula is C15H23NO4. The SMILES string of the molecule is COc1ccc(OC(C)C(=O)NCCCC(C)O)cc1. The number of nitrogens with one attached hydrogen (secondary N) is 1. The van der Waals surface area contributed by atoms with Gasteiger partial charge in [0.05, 0.1) is 13.2 Å². The van der Waals surface area contributed by atoms with Crippen LogP contribution >= 0.6 is 0 Å². The van der Waals surface area contributed by atoms with Crippen molar-refractivity contribution in [3.63, 3.8) is 0 Å². The van der Waals surface area contributed by atoms with Gasteiger partial charge >= 0.3 is 0 Å². The number of carbonyl (C=O) groups is 1. The van der Waals surface area contributed by atoms with Gasteiger partial charge in [0.25, 0.3) is 5.91 Å². The molecule has 2 unspecified atom stereocenters. The number of hydrogen-bond acceptors (Lipinski definition) is 4. The molecule has 0 heterocycles. The maximum absolute atomic E-state index is 11.8. The van der Waals surface area contributed by atoms with Crippen LogP contribution in [0.15, 0.2) is 24.3 Å². The zero-order valence-electron chi connectivity index (χ0n) is 12.3. The largest absolute Gasteiger partial charge is 0.497 e. The number of ether oxygens (including phenoxy) is 2. The Morgan fingerprint density at radius 2 is 1.85 bits per heavy atom. The summed E-state index contributed by atoms with van der Waals surface area (Å²) in [6, 6.07) is 7.08. The van der Waals surface area contributed by atoms with Gasteiger partial charge in [0, 0.05) is 6.54 Å². The van der Waals surface area contributed by atoms with Gasteiger partial charge in [-0.2, -0.15) is 0 Å². The Bertz CT molecular complexity index is 403. The van der Waals surface area contributed by atoms with Crippen molar-refractivity contribution in [2.75, 3.05) is 13.7 Å². The minimum absolute atomic E-state index is 0.161. The van der Waals surface area contributed by atoms with Crippen molar-refractivity contribution in [2.24, 2.45) is 0 Å². The van der Waals surface area contributed by atoms with E-state index in [-0.39, 0.29) is 12.0 Å². The van der Waals surface area contributed by atoms with Gasteiger partial charge in [-0.1, -0.05) is 0 Å². The average molecular weight is 281 g/mol. The van der Waals surface area contributed by atoms with Gasteiger partial charge in [0.2, 0.25) is 0 Å². The highest BCUT2D eigenvalue weighted by Crippen LogP contribution is 2.18. The fourth-order valence-corrected chi connectivity index (χ4v) is 1.66. The maximum atomic E-state index is 11.8. The minimum Gasteiger partial charge on any atom is -0.497 e. The summed E-state index contributed by atoms with van der Waals surface area (Å²) in [5.41, 5.74) is 0. The third-order valence-electron chi connectivity index (χ3n) is 2.84. The van der Waals surface area contributed by atoms with Crippen LogP contribution in [-0.4, -0.2) is 36.9 Å². The van der Waals surface area contributed by atoms with E-state index in [0.717, 1.165) is 12.2 Å². The van der Waals surface area contributed by atoms with Gasteiger partial charge in [-0.15, -0.1) is 0 Å². The summed E-state index contributed by atoms with van der Waals surface area (Å²) < 4.78 is 10.6. The van der Waals surface area contributed by atoms with E-state index in [9.17, 15) is 4.79 Å². The fraction of sp³-hybridized carbons (Fsp3) is 0.533. The van der Waals surface area contributed by atoms with Crippen molar-refractivity contribution in [2.45, 2.75) is 38.9 Å². The van der Waals surface area contributed by atoms with E-state index in [1.54, 1.807) is 45.2 Å². The van der Waals surface area contributed by atoms with E-state index in [1.165, 1.54) is 0 Å². The molecule has 0 spiro atoms. The number of aliphatic hydroxyl groups excluding tert-OH is 1. The second kappa shape index (κ2) is 8.43. The molecular weight excluding hydrogens is 258 g/mol. The lowest BCUT2D eigenvalue weighted by Crippen LogP contribution is -2.37. The Labute approximate surface area is 119 Å². The topological polar surface area (TPSA) is 67.8 Å². The standard InChI is InChI=1S/C15H23NO4/c1-11(17)5-4-10-16-15(18)12(2)20-14-8-6-13(19-3)7-9-14/h6-9,11-12,17H,4-5,10H2,1-3H3,(H,16,18). The monoisotopic (exact) mass is 281 g/mol. The first-order valence-electron chi connectivity index (χ1n) is 6.79. The van der Waals surface area contributed by atoms with Crippen molar-refractivity contribution in [1.29, 1.82) is 0 Å². The van der Waals surface area contributed by atoms with Crippen LogP contribution in [0.2, 0.25) is 0 Å². The molecule has 1 amide bonds. The molecule has 1 rings (SSSR count). The Balaban J connectivity index is 2.33. The zero-order valence-corrected chi connectivity index (χ0v) is 12.3. The molecule has 5 heteroatoms. The third-order valence-corrected chi connectivity index (χ3v) is 2.84. The van der Waals surface area contributed by atoms with Crippen LogP contribution in [0.4, 0.5) is 0 Å². The Kier molecular flexibility index (Phi) is 6.87. The highest BCUT2D eigenvalue weighted by atomic mass is 16.5. The molecule has 1 aromatic rings. The summed E-state index contributed by atoms with van der Waals surface area (Å²) in [5, 5.41) is 11.9. The predicted octanol–water partition coefficient (Wildman–Crippen LogP) is 1.74. The van der Waals surface area contributed by atoms with Gasteiger partial charge in [0.15, 0.2) is 6.10 Å². The van der Waals surface area contributed by atoms with Gasteiger partial charge in [0.1, 0.15) is 11.5 Å². The molecule has 0 radical (unpaired) electrons. The van der Waals surface area contributed by atoms with E-state index < -0.39 is 6.10 Å². The molecule has 20 heavy (non-hydrogen) atoms. The normalized spacial score (nSPS) is 13.4. The molecule has 0 saturated heterocycles. The van der Waals surface area contributed by atoms with E-state index >= 15 is 0 Å². The first kappa shape index (κ1) is 16.3. The van der Waals surface area contributed by atoms with Gasteiger partial charge in [-0.05, 0) is 51.0 Å². The lowest BCUT2D eigenvalue weighted by molar-refractivity contribution is -0.127. The molecule has 0 aliphatic rings. The molecule has 0 aliphatic carbocycles. The van der Waals surface area contributed by atoms with Crippen LogP contribution in [0.25, 0.3) is 0 Å². The number of aliphatic hydroxyl groups is 1. The summed E-state index contributed by atoms with van der Waals surface area (Å²) >= 11 is 0. The van der Waals surface area contributed by atoms with Crippen molar-refractivity contribution < 1.29 is 19.4 Å². The quantitative estimate of drug-likeness (QED) is 0.712. The lowest BCUT2D eigenvalue weighted by Gasteiger charge is -2.15. The van der Waals surface area contributed by atoms with Crippen LogP contribution in [0.1, 0.15) is 26.7 Å². The summed E-state index contributed by atoms with van der Waals surface area (Å²) in [6.07, 6.45) is 0.530. The average Bonchev–Trinajstić information content (AvgIpc) is 2.44. The van der Waals surface area contributed by atoms with Crippen LogP contribution in [0, 0.1) is 0 Å². The number of benzene rings is 1. The highest BCUT2D eigenvalue weighted by molar-refractivity contribution is 5.80. The molecule has 0 aromatic heterocycles. The number of amides is 1. The molecule has 112 valence electrons. The molecule has 5 nitrogen and oxygen atoms in total. The van der Waals surface area contributed by atoms with Crippen LogP contribution < -0.4 is 14.8 Å². The summed E-state index contributed by atoms with van der Waals surface area (Å²) in [7, 11) is 1.60. The maximum Gasteiger partial charge on any atom is 0.260 e. The van der Waals surface area contributed by atoms with Crippen LogP contribution in [-0.2, 0) is 4.79 Å². The third kappa shape index (κ3) is 5.93. The molecule has 0 aliphatic heterocycles. The first-order valence-corrected chi connectivity index (χ1v) is 6.79. The second-order valence-electron chi connectivity index (χ2n) is 4.72.